The van der Waals surface area contributed by atoms with Crippen molar-refractivity contribution in [1.82, 2.24) is 0 Å². The maximum absolute atomic E-state index is 12.0. The molecule has 0 unspecified atom stereocenters. The van der Waals surface area contributed by atoms with Gasteiger partial charge in [0.05, 0.1) is 10.6 Å². The van der Waals surface area contributed by atoms with Gasteiger partial charge in [0.25, 0.3) is 20.2 Å². The molecular formula is C20H20N4O8S2. The molecule has 0 aliphatic carbocycles. The average Bonchev–Trinajstić information content (AvgIpc) is 2.71. The zero-order valence-corrected chi connectivity index (χ0v) is 19.5. The number of carbonyl (C=O) groups excluding carboxylic acids is 1. The molecule has 0 aliphatic rings. The minimum atomic E-state index is -4.65. The minimum Gasteiger partial charge on any atom is -0.505 e. The molecule has 0 fully saturated rings. The SMILES string of the molecule is CCC(=O)Nc1cc(S(=O)(=O)O)cc2cc(C)c(N=Nc3cc(N)ccc3S(=O)(=O)O)c(O)c12. The van der Waals surface area contributed by atoms with Gasteiger partial charge < -0.3 is 16.2 Å². The number of amides is 1. The lowest BCUT2D eigenvalue weighted by atomic mass is 10.0. The zero-order valence-electron chi connectivity index (χ0n) is 17.8. The second kappa shape index (κ2) is 8.98. The molecule has 0 atom stereocenters. The number of nitrogens with zero attached hydrogens (tertiary/aromatic N) is 2. The van der Waals surface area contributed by atoms with Crippen LogP contribution in [0, 0.1) is 6.92 Å². The number of phenolic OH excluding ortho intramolecular Hbond substituents is 1. The number of rotatable bonds is 6. The van der Waals surface area contributed by atoms with Gasteiger partial charge in [0.1, 0.15) is 16.3 Å². The van der Waals surface area contributed by atoms with Gasteiger partial charge in [-0.15, -0.1) is 10.2 Å². The van der Waals surface area contributed by atoms with Gasteiger partial charge in [-0.05, 0) is 54.3 Å². The van der Waals surface area contributed by atoms with E-state index in [2.05, 4.69) is 15.5 Å². The van der Waals surface area contributed by atoms with Gasteiger partial charge in [-0.2, -0.15) is 16.8 Å². The summed E-state index contributed by atoms with van der Waals surface area (Å²) in [5.41, 5.74) is 5.59. The Kier molecular flexibility index (Phi) is 6.61. The molecule has 0 heterocycles. The largest absolute Gasteiger partial charge is 0.505 e. The molecule has 14 heteroatoms. The topological polar surface area (TPSA) is 209 Å². The van der Waals surface area contributed by atoms with Gasteiger partial charge in [0.15, 0.2) is 5.75 Å². The van der Waals surface area contributed by atoms with E-state index in [4.69, 9.17) is 5.73 Å². The van der Waals surface area contributed by atoms with Crippen LogP contribution in [0.1, 0.15) is 18.9 Å². The van der Waals surface area contributed by atoms with Crippen LogP contribution < -0.4 is 11.1 Å². The molecule has 6 N–H and O–H groups in total. The normalized spacial score (nSPS) is 12.4. The molecule has 0 aliphatic heterocycles. The van der Waals surface area contributed by atoms with E-state index in [1.807, 2.05) is 0 Å². The molecule has 0 radical (unpaired) electrons. The number of nitrogens with two attached hydrogens (primary N) is 1. The first-order chi connectivity index (χ1) is 15.7. The highest BCUT2D eigenvalue weighted by Crippen LogP contribution is 2.43. The standard InChI is InChI=1S/C20H20N4O8S2/c1-3-17(25)22-15-9-13(33(27,28)29)7-11-6-10(2)19(20(26)18(11)15)24-23-14-8-12(21)4-5-16(14)34(30,31)32/h4-9,26H,3,21H2,1-2H3,(H,22,25)(H,27,28,29)(H,30,31,32). The number of carbonyl (C=O) groups is 1. The number of anilines is 2. The Balaban J connectivity index is 2.28. The number of hydrogen-bond acceptors (Lipinski definition) is 9. The summed E-state index contributed by atoms with van der Waals surface area (Å²) in [7, 11) is -9.28. The van der Waals surface area contributed by atoms with Crippen molar-refractivity contribution in [3.05, 3.63) is 42.0 Å². The molecule has 12 nitrogen and oxygen atoms in total. The van der Waals surface area contributed by atoms with Crippen LogP contribution in [0.4, 0.5) is 22.7 Å². The number of aromatic hydroxyl groups is 1. The van der Waals surface area contributed by atoms with Gasteiger partial charge in [0.2, 0.25) is 5.91 Å². The number of nitrogens with one attached hydrogen (secondary N) is 1. The predicted molar refractivity (Wildman–Crippen MR) is 124 cm³/mol. The zero-order chi connectivity index (χ0) is 25.4. The van der Waals surface area contributed by atoms with Crippen LogP contribution in [0.25, 0.3) is 10.8 Å². The minimum absolute atomic E-state index is 0.0105. The Bertz CT molecular complexity index is 1570. The Hall–Kier alpha value is -3.59. The number of aryl methyl sites for hydroxylation is 1. The summed E-state index contributed by atoms with van der Waals surface area (Å²) in [6.45, 7) is 3.08. The van der Waals surface area contributed by atoms with Gasteiger partial charge >= 0.3 is 0 Å². The number of nitrogen functional groups attached to an aromatic ring is 1. The van der Waals surface area contributed by atoms with Crippen molar-refractivity contribution in [2.45, 2.75) is 30.1 Å². The van der Waals surface area contributed by atoms with E-state index in [9.17, 15) is 35.8 Å². The van der Waals surface area contributed by atoms with Crippen LogP contribution in [-0.4, -0.2) is 37.0 Å². The first-order valence-corrected chi connectivity index (χ1v) is 12.5. The predicted octanol–water partition coefficient (Wildman–Crippen LogP) is 3.69. The van der Waals surface area contributed by atoms with Crippen molar-refractivity contribution in [3.8, 4) is 5.75 Å². The first kappa shape index (κ1) is 25.0. The fourth-order valence-corrected chi connectivity index (χ4v) is 4.32. The molecule has 1 amide bonds. The molecule has 0 saturated heterocycles. The summed E-state index contributed by atoms with van der Waals surface area (Å²) < 4.78 is 65.5. The molecule has 0 aromatic heterocycles. The van der Waals surface area contributed by atoms with Gasteiger partial charge in [0, 0.05) is 17.5 Å². The van der Waals surface area contributed by atoms with Crippen LogP contribution >= 0.6 is 0 Å². The third-order valence-electron chi connectivity index (χ3n) is 4.76. The smallest absolute Gasteiger partial charge is 0.296 e. The van der Waals surface area contributed by atoms with Gasteiger partial charge in [-0.25, -0.2) is 0 Å². The summed E-state index contributed by atoms with van der Waals surface area (Å²) in [5.74, 6) is -0.987. The molecule has 3 aromatic rings. The fourth-order valence-electron chi connectivity index (χ4n) is 3.17. The molecule has 0 spiro atoms. The van der Waals surface area contributed by atoms with E-state index in [1.54, 1.807) is 6.92 Å². The number of azo groups is 1. The molecule has 0 saturated carbocycles. The second-order valence-electron chi connectivity index (χ2n) is 7.24. The number of benzene rings is 3. The molecule has 3 aromatic carbocycles. The van der Waals surface area contributed by atoms with Crippen LogP contribution in [-0.2, 0) is 25.0 Å². The first-order valence-electron chi connectivity index (χ1n) is 9.58. The highest BCUT2D eigenvalue weighted by molar-refractivity contribution is 7.86. The van der Waals surface area contributed by atoms with Crippen LogP contribution in [0.3, 0.4) is 0 Å². The Morgan fingerprint density at radius 1 is 1.03 bits per heavy atom. The molecule has 3 rings (SSSR count). The van der Waals surface area contributed by atoms with Gasteiger partial charge in [-0.1, -0.05) is 6.92 Å². The fraction of sp³-hybridized carbons (Fsp3) is 0.150. The third-order valence-corrected chi connectivity index (χ3v) is 6.49. The Labute approximate surface area is 194 Å². The molecule has 0 bridgehead atoms. The average molecular weight is 509 g/mol. The monoisotopic (exact) mass is 508 g/mol. The van der Waals surface area contributed by atoms with Crippen LogP contribution in [0.15, 0.2) is 56.4 Å². The lowest BCUT2D eigenvalue weighted by molar-refractivity contribution is -0.115. The maximum atomic E-state index is 12.0. The lowest BCUT2D eigenvalue weighted by Crippen LogP contribution is -2.11. The summed E-state index contributed by atoms with van der Waals surface area (Å²) in [6, 6.07) is 6.97. The highest BCUT2D eigenvalue weighted by atomic mass is 32.2. The van der Waals surface area contributed by atoms with E-state index in [0.29, 0.717) is 5.56 Å². The van der Waals surface area contributed by atoms with Crippen molar-refractivity contribution in [2.75, 3.05) is 11.1 Å². The van der Waals surface area contributed by atoms with E-state index in [-0.39, 0.29) is 39.9 Å². The number of hydrogen-bond donors (Lipinski definition) is 5. The van der Waals surface area contributed by atoms with E-state index in [1.165, 1.54) is 19.1 Å². The van der Waals surface area contributed by atoms with E-state index < -0.39 is 41.7 Å². The quantitative estimate of drug-likeness (QED) is 0.186. The van der Waals surface area contributed by atoms with E-state index in [0.717, 1.165) is 24.3 Å². The van der Waals surface area contributed by atoms with Crippen molar-refractivity contribution in [2.24, 2.45) is 10.2 Å². The van der Waals surface area contributed by atoms with Crippen molar-refractivity contribution in [1.29, 1.82) is 0 Å². The Morgan fingerprint density at radius 3 is 2.29 bits per heavy atom. The highest BCUT2D eigenvalue weighted by Gasteiger charge is 2.21. The van der Waals surface area contributed by atoms with E-state index >= 15 is 0 Å². The second-order valence-corrected chi connectivity index (χ2v) is 10.1. The summed E-state index contributed by atoms with van der Waals surface area (Å²) in [5, 5.41) is 21.3. The third kappa shape index (κ3) is 5.14. The van der Waals surface area contributed by atoms with Gasteiger partial charge in [-0.3, -0.25) is 13.9 Å². The maximum Gasteiger partial charge on any atom is 0.296 e. The Morgan fingerprint density at radius 2 is 1.71 bits per heavy atom. The number of fused-ring (bicyclic) bond motifs is 1. The summed E-state index contributed by atoms with van der Waals surface area (Å²) >= 11 is 0. The number of phenols is 1. The molecule has 180 valence electrons. The summed E-state index contributed by atoms with van der Waals surface area (Å²) in [6.07, 6.45) is 0.0463. The van der Waals surface area contributed by atoms with Crippen molar-refractivity contribution >= 4 is 59.7 Å². The van der Waals surface area contributed by atoms with Crippen LogP contribution in [0.5, 0.6) is 5.75 Å². The lowest BCUT2D eigenvalue weighted by Gasteiger charge is -2.14. The molecule has 34 heavy (non-hydrogen) atoms. The molecular weight excluding hydrogens is 488 g/mol. The summed E-state index contributed by atoms with van der Waals surface area (Å²) in [4.78, 5) is 10.9. The van der Waals surface area contributed by atoms with Crippen LogP contribution in [0.2, 0.25) is 0 Å². The van der Waals surface area contributed by atoms with Crippen molar-refractivity contribution in [3.63, 3.8) is 0 Å². The van der Waals surface area contributed by atoms with Crippen molar-refractivity contribution < 1.29 is 35.8 Å².